The van der Waals surface area contributed by atoms with E-state index in [0.29, 0.717) is 17.1 Å². The maximum Gasteiger partial charge on any atom is 0.255 e. The van der Waals surface area contributed by atoms with E-state index in [-0.39, 0.29) is 18.3 Å². The number of nitrogens with zero attached hydrogens (tertiary/aromatic N) is 4. The molecule has 188 valence electrons. The number of carbonyl (C=O) groups is 1. The molecular weight excluding hydrogens is 456 g/mol. The smallest absolute Gasteiger partial charge is 0.255 e. The standard InChI is InChI=1S/C25H36N4O4.ClH/c1-7-12-29(21-18-24(33-6)23(32-5)17-19(21)25(30)26(2)3)28-15-13-27(14-16-28)20-10-8-9-11-22(20)31-4;/h8-11,17-18H,7,12-16H2,1-6H3;1H. The molecule has 0 saturated carbocycles. The number of hydrogen-bond acceptors (Lipinski definition) is 7. The van der Waals surface area contributed by atoms with Gasteiger partial charge in [-0.3, -0.25) is 4.79 Å². The van der Waals surface area contributed by atoms with Crippen LogP contribution in [0.25, 0.3) is 0 Å². The van der Waals surface area contributed by atoms with Gasteiger partial charge in [-0.1, -0.05) is 19.1 Å². The predicted octanol–water partition coefficient (Wildman–Crippen LogP) is 3.79. The van der Waals surface area contributed by atoms with Gasteiger partial charge in [0.15, 0.2) is 11.5 Å². The van der Waals surface area contributed by atoms with Gasteiger partial charge in [-0.05, 0) is 24.6 Å². The number of amides is 1. The third kappa shape index (κ3) is 5.80. The van der Waals surface area contributed by atoms with Crippen LogP contribution in [-0.2, 0) is 0 Å². The second-order valence-corrected chi connectivity index (χ2v) is 8.16. The summed E-state index contributed by atoms with van der Waals surface area (Å²) in [5, 5.41) is 4.54. The van der Waals surface area contributed by atoms with E-state index in [1.165, 1.54) is 0 Å². The van der Waals surface area contributed by atoms with Crippen molar-refractivity contribution in [3.63, 3.8) is 0 Å². The van der Waals surface area contributed by atoms with Gasteiger partial charge >= 0.3 is 0 Å². The van der Waals surface area contributed by atoms with Crippen molar-refractivity contribution >= 4 is 29.7 Å². The number of anilines is 2. The van der Waals surface area contributed by atoms with E-state index in [1.54, 1.807) is 46.4 Å². The third-order valence-electron chi connectivity index (χ3n) is 5.88. The maximum absolute atomic E-state index is 13.1. The molecule has 0 bridgehead atoms. The normalized spacial score (nSPS) is 13.6. The van der Waals surface area contributed by atoms with Gasteiger partial charge in [-0.15, -0.1) is 12.4 Å². The number of rotatable bonds is 9. The first-order valence-electron chi connectivity index (χ1n) is 11.3. The van der Waals surface area contributed by atoms with Crippen LogP contribution in [0.4, 0.5) is 11.4 Å². The Morgan fingerprint density at radius 1 is 0.912 bits per heavy atom. The van der Waals surface area contributed by atoms with Crippen molar-refractivity contribution in [2.75, 3.05) is 78.1 Å². The Morgan fingerprint density at radius 2 is 1.50 bits per heavy atom. The number of para-hydroxylation sites is 2. The van der Waals surface area contributed by atoms with Gasteiger partial charge in [-0.25, -0.2) is 5.01 Å². The number of carbonyl (C=O) groups excluding carboxylic acids is 1. The first-order chi connectivity index (χ1) is 15.9. The van der Waals surface area contributed by atoms with Crippen LogP contribution < -0.4 is 24.1 Å². The lowest BCUT2D eigenvalue weighted by Crippen LogP contribution is -2.54. The van der Waals surface area contributed by atoms with Crippen molar-refractivity contribution in [1.29, 1.82) is 0 Å². The van der Waals surface area contributed by atoms with E-state index in [0.717, 1.165) is 56.3 Å². The third-order valence-corrected chi connectivity index (χ3v) is 5.88. The molecule has 8 nitrogen and oxygen atoms in total. The number of hydrazine groups is 1. The molecule has 9 heteroatoms. The molecular formula is C25H37ClN4O4. The zero-order valence-corrected chi connectivity index (χ0v) is 21.9. The largest absolute Gasteiger partial charge is 0.495 e. The average Bonchev–Trinajstić information content (AvgIpc) is 2.86. The summed E-state index contributed by atoms with van der Waals surface area (Å²) in [7, 11) is 8.43. The van der Waals surface area contributed by atoms with E-state index in [9.17, 15) is 4.79 Å². The molecule has 0 radical (unpaired) electrons. The molecule has 0 unspecified atom stereocenters. The minimum atomic E-state index is -0.0697. The van der Waals surface area contributed by atoms with Crippen LogP contribution in [0, 0.1) is 0 Å². The lowest BCUT2D eigenvalue weighted by atomic mass is 10.1. The van der Waals surface area contributed by atoms with E-state index >= 15 is 0 Å². The van der Waals surface area contributed by atoms with Gasteiger partial charge in [-0.2, -0.15) is 0 Å². The molecule has 0 aliphatic carbocycles. The van der Waals surface area contributed by atoms with Gasteiger partial charge in [0, 0.05) is 52.9 Å². The molecule has 1 aliphatic rings. The summed E-state index contributed by atoms with van der Waals surface area (Å²) in [5.74, 6) is 1.97. The van der Waals surface area contributed by atoms with Crippen LogP contribution >= 0.6 is 12.4 Å². The highest BCUT2D eigenvalue weighted by atomic mass is 35.5. The Bertz CT molecular complexity index is 949. The number of piperazine rings is 1. The van der Waals surface area contributed by atoms with Crippen LogP contribution in [0.2, 0.25) is 0 Å². The maximum atomic E-state index is 13.1. The summed E-state index contributed by atoms with van der Waals surface area (Å²) in [5.41, 5.74) is 2.54. The molecule has 1 heterocycles. The Morgan fingerprint density at radius 3 is 2.06 bits per heavy atom. The molecule has 2 aromatic carbocycles. The van der Waals surface area contributed by atoms with Crippen molar-refractivity contribution in [3.05, 3.63) is 42.0 Å². The fraction of sp³-hybridized carbons (Fsp3) is 0.480. The van der Waals surface area contributed by atoms with E-state index in [1.807, 2.05) is 24.3 Å². The van der Waals surface area contributed by atoms with Crippen molar-refractivity contribution in [3.8, 4) is 17.2 Å². The highest BCUT2D eigenvalue weighted by Crippen LogP contribution is 2.37. The van der Waals surface area contributed by atoms with Gasteiger partial charge < -0.3 is 29.0 Å². The molecule has 0 atom stereocenters. The minimum Gasteiger partial charge on any atom is -0.495 e. The predicted molar refractivity (Wildman–Crippen MR) is 139 cm³/mol. The Hall–Kier alpha value is -2.84. The van der Waals surface area contributed by atoms with Crippen molar-refractivity contribution in [1.82, 2.24) is 9.91 Å². The van der Waals surface area contributed by atoms with Crippen LogP contribution in [0.15, 0.2) is 36.4 Å². The second kappa shape index (κ2) is 12.6. The highest BCUT2D eigenvalue weighted by Gasteiger charge is 2.28. The molecule has 2 aromatic rings. The van der Waals surface area contributed by atoms with Crippen LogP contribution in [0.1, 0.15) is 23.7 Å². The lowest BCUT2D eigenvalue weighted by Gasteiger charge is -2.43. The molecule has 0 N–H and O–H groups in total. The molecule has 34 heavy (non-hydrogen) atoms. The molecule has 0 aromatic heterocycles. The number of methoxy groups -OCH3 is 3. The highest BCUT2D eigenvalue weighted by molar-refractivity contribution is 6.00. The summed E-state index contributed by atoms with van der Waals surface area (Å²) in [4.78, 5) is 17.0. The fourth-order valence-corrected chi connectivity index (χ4v) is 4.19. The summed E-state index contributed by atoms with van der Waals surface area (Å²) >= 11 is 0. The van der Waals surface area contributed by atoms with Crippen molar-refractivity contribution in [2.45, 2.75) is 13.3 Å². The van der Waals surface area contributed by atoms with Crippen molar-refractivity contribution < 1.29 is 19.0 Å². The average molecular weight is 493 g/mol. The van der Waals surface area contributed by atoms with Gasteiger partial charge in [0.1, 0.15) is 5.75 Å². The first-order valence-corrected chi connectivity index (χ1v) is 11.3. The monoisotopic (exact) mass is 492 g/mol. The SMILES string of the molecule is CCCN(c1cc(OC)c(OC)cc1C(=O)N(C)C)N1CCN(c2ccccc2OC)CC1.Cl. The van der Waals surface area contributed by atoms with Gasteiger partial charge in [0.05, 0.1) is 38.3 Å². The zero-order valence-electron chi connectivity index (χ0n) is 21.0. The lowest BCUT2D eigenvalue weighted by molar-refractivity contribution is 0.0826. The van der Waals surface area contributed by atoms with Crippen LogP contribution in [0.5, 0.6) is 17.2 Å². The van der Waals surface area contributed by atoms with Crippen molar-refractivity contribution in [2.24, 2.45) is 0 Å². The summed E-state index contributed by atoms with van der Waals surface area (Å²) in [6.07, 6.45) is 0.941. The molecule has 0 spiro atoms. The molecule has 1 fully saturated rings. The van der Waals surface area contributed by atoms with Crippen LogP contribution in [0.3, 0.4) is 0 Å². The number of benzene rings is 2. The van der Waals surface area contributed by atoms with E-state index in [4.69, 9.17) is 14.2 Å². The molecule has 1 saturated heterocycles. The molecule has 1 aliphatic heterocycles. The zero-order chi connectivity index (χ0) is 24.0. The fourth-order valence-electron chi connectivity index (χ4n) is 4.19. The topological polar surface area (TPSA) is 57.7 Å². The van der Waals surface area contributed by atoms with E-state index < -0.39 is 0 Å². The summed E-state index contributed by atoms with van der Waals surface area (Å²) in [6.45, 7) is 6.28. The van der Waals surface area contributed by atoms with E-state index in [2.05, 4.69) is 27.9 Å². The van der Waals surface area contributed by atoms with Gasteiger partial charge in [0.2, 0.25) is 0 Å². The minimum absolute atomic E-state index is 0. The number of halogens is 1. The quantitative estimate of drug-likeness (QED) is 0.527. The Labute approximate surface area is 209 Å². The summed E-state index contributed by atoms with van der Waals surface area (Å²) in [6, 6.07) is 11.8. The Kier molecular flexibility index (Phi) is 10.1. The van der Waals surface area contributed by atoms with Crippen LogP contribution in [-0.4, -0.2) is 84.0 Å². The summed E-state index contributed by atoms with van der Waals surface area (Å²) < 4.78 is 16.6. The molecule has 3 rings (SSSR count). The molecule has 1 amide bonds. The Balaban J connectivity index is 0.00000408. The first kappa shape index (κ1) is 27.4. The number of ether oxygens (including phenoxy) is 3. The van der Waals surface area contributed by atoms with Gasteiger partial charge in [0.25, 0.3) is 5.91 Å². The second-order valence-electron chi connectivity index (χ2n) is 8.16. The number of hydrogen-bond donors (Lipinski definition) is 0.